The zero-order chi connectivity index (χ0) is 40.4. The van der Waals surface area contributed by atoms with E-state index in [1.54, 1.807) is 0 Å². The van der Waals surface area contributed by atoms with E-state index < -0.39 is 59.8 Å². The lowest BCUT2D eigenvalue weighted by Gasteiger charge is -2.41. The molecule has 55 heavy (non-hydrogen) atoms. The number of rotatable bonds is 35. The van der Waals surface area contributed by atoms with Crippen molar-refractivity contribution in [1.29, 1.82) is 0 Å². The number of hydrogen-bond acceptors (Lipinski definition) is 11. The highest BCUT2D eigenvalue weighted by molar-refractivity contribution is 7.80. The minimum Gasteiger partial charge on any atom is -0.457 e. The summed E-state index contributed by atoms with van der Waals surface area (Å²) in [4.78, 5) is 12.8. The number of carbonyl (C=O) groups is 1. The molecule has 1 aliphatic rings. The van der Waals surface area contributed by atoms with Crippen LogP contribution in [0.4, 0.5) is 0 Å². The summed E-state index contributed by atoms with van der Waals surface area (Å²) in [6.45, 7) is 3.82. The Balaban J connectivity index is 2.49. The first-order valence-corrected chi connectivity index (χ1v) is 22.3. The minimum atomic E-state index is -5.06. The third-order valence-electron chi connectivity index (χ3n) is 9.22. The van der Waals surface area contributed by atoms with Crippen molar-refractivity contribution in [2.24, 2.45) is 0 Å². The normalized spacial score (nSPS) is 21.5. The molecule has 6 atom stereocenters. The molecular formula is C42H74O12S. The molecule has 1 saturated heterocycles. The van der Waals surface area contributed by atoms with Crippen LogP contribution < -0.4 is 0 Å². The summed E-state index contributed by atoms with van der Waals surface area (Å²) in [5.41, 5.74) is 0. The first-order valence-electron chi connectivity index (χ1n) is 20.9. The molecule has 0 amide bonds. The molecule has 0 radical (unpaired) electrons. The van der Waals surface area contributed by atoms with Gasteiger partial charge in [0.05, 0.1) is 19.8 Å². The lowest BCUT2D eigenvalue weighted by atomic mass is 9.99. The number of hydrogen-bond donors (Lipinski definition) is 4. The van der Waals surface area contributed by atoms with Crippen LogP contribution in [-0.4, -0.2) is 97.5 Å². The predicted octanol–water partition coefficient (Wildman–Crippen LogP) is 8.02. The molecule has 0 bridgehead atoms. The van der Waals surface area contributed by atoms with Gasteiger partial charge in [-0.15, -0.1) is 0 Å². The fraction of sp³-hybridized carbons (Fsp3) is 0.786. The molecule has 0 aromatic heterocycles. The van der Waals surface area contributed by atoms with Crippen molar-refractivity contribution in [1.82, 2.24) is 0 Å². The largest absolute Gasteiger partial charge is 0.457 e. The van der Waals surface area contributed by atoms with Gasteiger partial charge in [0.2, 0.25) is 0 Å². The number of allylic oxidation sites excluding steroid dienone is 8. The molecule has 0 aliphatic carbocycles. The summed E-state index contributed by atoms with van der Waals surface area (Å²) in [6.07, 6.45) is 30.0. The van der Waals surface area contributed by atoms with Gasteiger partial charge in [-0.1, -0.05) is 140 Å². The average Bonchev–Trinajstić information content (AvgIpc) is 3.15. The quantitative estimate of drug-likeness (QED) is 0.0210. The van der Waals surface area contributed by atoms with E-state index in [0.717, 1.165) is 70.6 Å². The predicted molar refractivity (Wildman–Crippen MR) is 216 cm³/mol. The van der Waals surface area contributed by atoms with Crippen molar-refractivity contribution in [2.75, 3.05) is 26.4 Å². The van der Waals surface area contributed by atoms with Gasteiger partial charge in [0.25, 0.3) is 0 Å². The van der Waals surface area contributed by atoms with Gasteiger partial charge in [0.15, 0.2) is 6.29 Å². The molecule has 0 aromatic carbocycles. The Morgan fingerprint density at radius 3 is 1.84 bits per heavy atom. The number of unbranched alkanes of at least 4 members (excludes halogenated alkanes) is 14. The molecule has 1 heterocycles. The SMILES string of the molecule is CC/C=C\C/C=C\C/C=C\C/C=C\CCCCCCC(=O)OC(COCCCCCCCCCCCCC)COC1OC(CO)C(O)C(OS(=O)(=O)O)C1O. The number of ether oxygens (including phenoxy) is 4. The summed E-state index contributed by atoms with van der Waals surface area (Å²) < 4.78 is 58.8. The Morgan fingerprint density at radius 2 is 1.25 bits per heavy atom. The summed E-state index contributed by atoms with van der Waals surface area (Å²) >= 11 is 0. The van der Waals surface area contributed by atoms with Gasteiger partial charge >= 0.3 is 16.4 Å². The highest BCUT2D eigenvalue weighted by atomic mass is 32.3. The van der Waals surface area contributed by atoms with Crippen LogP contribution in [0.1, 0.15) is 149 Å². The van der Waals surface area contributed by atoms with Crippen LogP contribution >= 0.6 is 0 Å². The number of aliphatic hydroxyl groups excluding tert-OH is 3. The number of carbonyl (C=O) groups excluding carboxylic acids is 1. The van der Waals surface area contributed by atoms with Crippen molar-refractivity contribution in [3.8, 4) is 0 Å². The molecule has 1 fully saturated rings. The van der Waals surface area contributed by atoms with Gasteiger partial charge in [-0.05, 0) is 51.4 Å². The Morgan fingerprint density at radius 1 is 0.709 bits per heavy atom. The zero-order valence-electron chi connectivity index (χ0n) is 33.7. The monoisotopic (exact) mass is 802 g/mol. The number of aliphatic hydroxyl groups is 3. The minimum absolute atomic E-state index is 0.0260. The van der Waals surface area contributed by atoms with Gasteiger partial charge in [0.1, 0.15) is 30.5 Å². The summed E-state index contributed by atoms with van der Waals surface area (Å²) in [7, 11) is -5.06. The molecule has 6 unspecified atom stereocenters. The van der Waals surface area contributed by atoms with Crippen molar-refractivity contribution >= 4 is 16.4 Å². The van der Waals surface area contributed by atoms with Crippen LogP contribution in [-0.2, 0) is 38.3 Å². The Hall–Kier alpha value is -1.94. The maximum atomic E-state index is 12.8. The van der Waals surface area contributed by atoms with Crippen molar-refractivity contribution in [2.45, 2.75) is 185 Å². The summed E-state index contributed by atoms with van der Waals surface area (Å²) in [5, 5.41) is 30.6. The lowest BCUT2D eigenvalue weighted by molar-refractivity contribution is -0.301. The maximum Gasteiger partial charge on any atom is 0.397 e. The van der Waals surface area contributed by atoms with Crippen LogP contribution in [0.2, 0.25) is 0 Å². The second-order valence-electron chi connectivity index (χ2n) is 14.2. The Bertz CT molecular complexity index is 1160. The standard InChI is InChI=1S/C42H74O12S/c1-3-5-7-9-11-13-15-16-17-18-19-20-21-23-25-27-29-31-38(44)52-36(34-50-32-30-28-26-24-22-14-12-10-8-6-4-2)35-51-42-40(46)41(54-55(47,48)49)39(45)37(33-43)53-42/h5,7,11,13,16-17,19-20,36-37,39-43,45-46H,3-4,6,8-10,12,14-15,18,21-35H2,1-2H3,(H,47,48,49)/b7-5-,13-11-,17-16-,20-19-. The van der Waals surface area contributed by atoms with E-state index in [2.05, 4.69) is 66.6 Å². The Labute approximate surface area is 332 Å². The third kappa shape index (κ3) is 28.2. The molecule has 12 nitrogen and oxygen atoms in total. The Kier molecular flexibility index (Phi) is 31.7. The fourth-order valence-electron chi connectivity index (χ4n) is 6.07. The van der Waals surface area contributed by atoms with Crippen LogP contribution in [0.3, 0.4) is 0 Å². The third-order valence-corrected chi connectivity index (χ3v) is 9.68. The number of esters is 1. The molecule has 320 valence electrons. The summed E-state index contributed by atoms with van der Waals surface area (Å²) in [5.74, 6) is -0.424. The molecule has 0 aromatic rings. The van der Waals surface area contributed by atoms with E-state index >= 15 is 0 Å². The summed E-state index contributed by atoms with van der Waals surface area (Å²) in [6, 6.07) is 0. The van der Waals surface area contributed by atoms with E-state index in [1.807, 2.05) is 0 Å². The molecule has 0 spiro atoms. The van der Waals surface area contributed by atoms with Gasteiger partial charge in [-0.3, -0.25) is 9.35 Å². The van der Waals surface area contributed by atoms with Gasteiger partial charge in [0, 0.05) is 13.0 Å². The van der Waals surface area contributed by atoms with Crippen molar-refractivity contribution in [3.63, 3.8) is 0 Å². The maximum absolute atomic E-state index is 12.8. The van der Waals surface area contributed by atoms with Crippen LogP contribution in [0, 0.1) is 0 Å². The van der Waals surface area contributed by atoms with Gasteiger partial charge < -0.3 is 34.3 Å². The van der Waals surface area contributed by atoms with Gasteiger partial charge in [-0.25, -0.2) is 4.18 Å². The first kappa shape index (κ1) is 51.1. The van der Waals surface area contributed by atoms with Crippen molar-refractivity contribution in [3.05, 3.63) is 48.6 Å². The van der Waals surface area contributed by atoms with Gasteiger partial charge in [-0.2, -0.15) is 8.42 Å². The molecular weight excluding hydrogens is 729 g/mol. The molecule has 13 heteroatoms. The van der Waals surface area contributed by atoms with E-state index in [1.165, 1.54) is 51.4 Å². The highest BCUT2D eigenvalue weighted by Crippen LogP contribution is 2.26. The molecule has 4 N–H and O–H groups in total. The highest BCUT2D eigenvalue weighted by Gasteiger charge is 2.48. The van der Waals surface area contributed by atoms with Crippen LogP contribution in [0.25, 0.3) is 0 Å². The van der Waals surface area contributed by atoms with Crippen molar-refractivity contribution < 1.29 is 56.2 Å². The van der Waals surface area contributed by atoms with Crippen LogP contribution in [0.15, 0.2) is 48.6 Å². The van der Waals surface area contributed by atoms with E-state index in [4.69, 9.17) is 23.5 Å². The van der Waals surface area contributed by atoms with E-state index in [9.17, 15) is 28.5 Å². The molecule has 0 saturated carbocycles. The second kappa shape index (κ2) is 34.1. The zero-order valence-corrected chi connectivity index (χ0v) is 34.5. The first-order chi connectivity index (χ1) is 26.6. The smallest absolute Gasteiger partial charge is 0.397 e. The lowest BCUT2D eigenvalue weighted by Crippen LogP contribution is -2.60. The van der Waals surface area contributed by atoms with E-state index in [0.29, 0.717) is 13.0 Å². The second-order valence-corrected chi connectivity index (χ2v) is 15.3. The molecule has 1 aliphatic heterocycles. The van der Waals surface area contributed by atoms with Crippen LogP contribution in [0.5, 0.6) is 0 Å². The topological polar surface area (TPSA) is 178 Å². The average molecular weight is 803 g/mol. The molecule has 1 rings (SSSR count). The van der Waals surface area contributed by atoms with E-state index in [-0.39, 0.29) is 19.6 Å². The fourth-order valence-corrected chi connectivity index (χ4v) is 6.58.